The maximum atomic E-state index is 5.95. The highest BCUT2D eigenvalue weighted by Crippen LogP contribution is 2.28. The van der Waals surface area contributed by atoms with Crippen molar-refractivity contribution in [2.45, 2.75) is 39.3 Å². The maximum Gasteiger partial charge on any atom is 0.229 e. The Morgan fingerprint density at radius 3 is 2.70 bits per heavy atom. The SMILES string of the molecule is CC(C)c1nc(COc2ccc(Br)cc2[C@H](C)N)no1. The third-order valence-electron chi connectivity index (χ3n) is 2.80. The molecule has 0 aliphatic heterocycles. The van der Waals surface area contributed by atoms with Gasteiger partial charge in [0.1, 0.15) is 5.75 Å². The van der Waals surface area contributed by atoms with Gasteiger partial charge in [-0.15, -0.1) is 0 Å². The van der Waals surface area contributed by atoms with Gasteiger partial charge in [-0.2, -0.15) is 4.98 Å². The Hall–Kier alpha value is -1.40. The Bertz CT molecular complexity index is 582. The lowest BCUT2D eigenvalue weighted by Crippen LogP contribution is -2.08. The van der Waals surface area contributed by atoms with E-state index in [0.717, 1.165) is 15.8 Å². The standard InChI is InChI=1S/C14H18BrN3O2/c1-8(2)14-17-13(18-20-14)7-19-12-5-4-10(15)6-11(12)9(3)16/h4-6,8-9H,7,16H2,1-3H3/t9-/m0/s1. The largest absolute Gasteiger partial charge is 0.485 e. The van der Waals surface area contributed by atoms with Crippen molar-refractivity contribution in [3.8, 4) is 5.75 Å². The minimum atomic E-state index is -0.112. The molecule has 20 heavy (non-hydrogen) atoms. The zero-order chi connectivity index (χ0) is 14.7. The number of hydrogen-bond acceptors (Lipinski definition) is 5. The molecule has 0 radical (unpaired) electrons. The van der Waals surface area contributed by atoms with Crippen molar-refractivity contribution in [3.05, 3.63) is 40.0 Å². The topological polar surface area (TPSA) is 74.2 Å². The van der Waals surface area contributed by atoms with Crippen molar-refractivity contribution in [2.24, 2.45) is 5.73 Å². The van der Waals surface area contributed by atoms with E-state index in [-0.39, 0.29) is 18.6 Å². The summed E-state index contributed by atoms with van der Waals surface area (Å²) in [4.78, 5) is 4.27. The number of ether oxygens (including phenoxy) is 1. The molecular weight excluding hydrogens is 322 g/mol. The first-order valence-corrected chi connectivity index (χ1v) is 7.27. The fraction of sp³-hybridized carbons (Fsp3) is 0.429. The summed E-state index contributed by atoms with van der Waals surface area (Å²) in [6.45, 7) is 6.18. The molecule has 1 aromatic carbocycles. The van der Waals surface area contributed by atoms with Crippen molar-refractivity contribution in [1.82, 2.24) is 10.1 Å². The molecule has 6 heteroatoms. The van der Waals surface area contributed by atoms with Crippen LogP contribution in [-0.4, -0.2) is 10.1 Å². The summed E-state index contributed by atoms with van der Waals surface area (Å²) in [7, 11) is 0. The molecular formula is C14H18BrN3O2. The highest BCUT2D eigenvalue weighted by molar-refractivity contribution is 9.10. The van der Waals surface area contributed by atoms with E-state index in [1.54, 1.807) is 0 Å². The summed E-state index contributed by atoms with van der Waals surface area (Å²) in [5.41, 5.74) is 6.88. The van der Waals surface area contributed by atoms with E-state index in [4.69, 9.17) is 15.0 Å². The molecule has 1 aromatic heterocycles. The average molecular weight is 340 g/mol. The molecule has 0 fully saturated rings. The monoisotopic (exact) mass is 339 g/mol. The van der Waals surface area contributed by atoms with E-state index < -0.39 is 0 Å². The number of rotatable bonds is 5. The van der Waals surface area contributed by atoms with E-state index in [2.05, 4.69) is 26.1 Å². The van der Waals surface area contributed by atoms with E-state index in [9.17, 15) is 0 Å². The smallest absolute Gasteiger partial charge is 0.229 e. The summed E-state index contributed by atoms with van der Waals surface area (Å²) in [6, 6.07) is 5.64. The maximum absolute atomic E-state index is 5.95. The van der Waals surface area contributed by atoms with Gasteiger partial charge in [0.25, 0.3) is 0 Å². The van der Waals surface area contributed by atoms with E-state index in [1.165, 1.54) is 0 Å². The molecule has 0 unspecified atom stereocenters. The van der Waals surface area contributed by atoms with Crippen LogP contribution in [0.15, 0.2) is 27.2 Å². The predicted molar refractivity (Wildman–Crippen MR) is 79.5 cm³/mol. The number of halogens is 1. The first kappa shape index (κ1) is 15.0. The molecule has 5 nitrogen and oxygen atoms in total. The van der Waals surface area contributed by atoms with Gasteiger partial charge in [-0.25, -0.2) is 0 Å². The van der Waals surface area contributed by atoms with E-state index in [1.807, 2.05) is 39.0 Å². The lowest BCUT2D eigenvalue weighted by Gasteiger charge is -2.13. The zero-order valence-electron chi connectivity index (χ0n) is 11.8. The second kappa shape index (κ2) is 6.37. The Balaban J connectivity index is 2.10. The van der Waals surface area contributed by atoms with Crippen LogP contribution in [-0.2, 0) is 6.61 Å². The molecule has 2 N–H and O–H groups in total. The molecule has 108 valence electrons. The minimum Gasteiger partial charge on any atom is -0.485 e. The Labute approximate surface area is 126 Å². The molecule has 0 amide bonds. The Kier molecular flexibility index (Phi) is 4.77. The highest BCUT2D eigenvalue weighted by Gasteiger charge is 2.13. The second-order valence-corrected chi connectivity index (χ2v) is 5.88. The van der Waals surface area contributed by atoms with Crippen LogP contribution in [0.25, 0.3) is 0 Å². The van der Waals surface area contributed by atoms with Gasteiger partial charge in [0.15, 0.2) is 6.61 Å². The number of aromatic nitrogens is 2. The number of hydrogen-bond donors (Lipinski definition) is 1. The quantitative estimate of drug-likeness (QED) is 0.901. The van der Waals surface area contributed by atoms with E-state index in [0.29, 0.717) is 11.7 Å². The lowest BCUT2D eigenvalue weighted by atomic mass is 10.1. The third-order valence-corrected chi connectivity index (χ3v) is 3.29. The minimum absolute atomic E-state index is 0.112. The lowest BCUT2D eigenvalue weighted by molar-refractivity contribution is 0.280. The van der Waals surface area contributed by atoms with Crippen molar-refractivity contribution in [3.63, 3.8) is 0 Å². The van der Waals surface area contributed by atoms with Crippen molar-refractivity contribution in [1.29, 1.82) is 0 Å². The second-order valence-electron chi connectivity index (χ2n) is 4.96. The fourth-order valence-electron chi connectivity index (χ4n) is 1.71. The predicted octanol–water partition coefficient (Wildman–Crippen LogP) is 3.55. The normalized spacial score (nSPS) is 12.7. The molecule has 0 saturated carbocycles. The molecule has 1 atom stereocenters. The summed E-state index contributed by atoms with van der Waals surface area (Å²) >= 11 is 3.43. The molecule has 2 aromatic rings. The molecule has 0 aliphatic rings. The summed E-state index contributed by atoms with van der Waals surface area (Å²) in [5, 5.41) is 3.89. The van der Waals surface area contributed by atoms with Gasteiger partial charge in [-0.1, -0.05) is 34.9 Å². The highest BCUT2D eigenvalue weighted by atomic mass is 79.9. The van der Waals surface area contributed by atoms with Gasteiger partial charge in [-0.3, -0.25) is 0 Å². The zero-order valence-corrected chi connectivity index (χ0v) is 13.3. The molecule has 2 rings (SSSR count). The van der Waals surface area contributed by atoms with Gasteiger partial charge in [0, 0.05) is 22.0 Å². The van der Waals surface area contributed by atoms with Crippen LogP contribution in [0.4, 0.5) is 0 Å². The molecule has 0 aliphatic carbocycles. The molecule has 0 spiro atoms. The summed E-state index contributed by atoms with van der Waals surface area (Å²) < 4.78 is 11.9. The van der Waals surface area contributed by atoms with Crippen molar-refractivity contribution in [2.75, 3.05) is 0 Å². The summed E-state index contributed by atoms with van der Waals surface area (Å²) in [6.07, 6.45) is 0. The van der Waals surface area contributed by atoms with Gasteiger partial charge >= 0.3 is 0 Å². The summed E-state index contributed by atoms with van der Waals surface area (Å²) in [5.74, 6) is 2.10. The van der Waals surface area contributed by atoms with Crippen LogP contribution < -0.4 is 10.5 Å². The van der Waals surface area contributed by atoms with Gasteiger partial charge in [0.05, 0.1) is 0 Å². The Morgan fingerprint density at radius 2 is 2.10 bits per heavy atom. The third kappa shape index (κ3) is 3.58. The number of benzene rings is 1. The van der Waals surface area contributed by atoms with Crippen LogP contribution in [0.1, 0.15) is 50.0 Å². The van der Waals surface area contributed by atoms with Crippen LogP contribution in [0.5, 0.6) is 5.75 Å². The average Bonchev–Trinajstić information content (AvgIpc) is 2.86. The van der Waals surface area contributed by atoms with Crippen molar-refractivity contribution >= 4 is 15.9 Å². The fourth-order valence-corrected chi connectivity index (χ4v) is 2.09. The van der Waals surface area contributed by atoms with Crippen LogP contribution in [0.3, 0.4) is 0 Å². The van der Waals surface area contributed by atoms with E-state index >= 15 is 0 Å². The molecule has 1 heterocycles. The van der Waals surface area contributed by atoms with Crippen LogP contribution >= 0.6 is 15.9 Å². The van der Waals surface area contributed by atoms with Crippen LogP contribution in [0.2, 0.25) is 0 Å². The van der Waals surface area contributed by atoms with Crippen LogP contribution in [0, 0.1) is 0 Å². The van der Waals surface area contributed by atoms with Gasteiger partial charge < -0.3 is 15.0 Å². The first-order chi connectivity index (χ1) is 9.47. The number of nitrogens with two attached hydrogens (primary N) is 1. The first-order valence-electron chi connectivity index (χ1n) is 6.47. The molecule has 0 saturated heterocycles. The number of nitrogens with zero attached hydrogens (tertiary/aromatic N) is 2. The van der Waals surface area contributed by atoms with Gasteiger partial charge in [0.2, 0.25) is 11.7 Å². The van der Waals surface area contributed by atoms with Gasteiger partial charge in [-0.05, 0) is 25.1 Å². The van der Waals surface area contributed by atoms with Crippen molar-refractivity contribution < 1.29 is 9.26 Å². The molecule has 0 bridgehead atoms. The Morgan fingerprint density at radius 1 is 1.35 bits per heavy atom.